The molecule has 0 radical (unpaired) electrons. The highest BCUT2D eigenvalue weighted by Gasteiger charge is 2.32. The summed E-state index contributed by atoms with van der Waals surface area (Å²) in [6.45, 7) is 0. The summed E-state index contributed by atoms with van der Waals surface area (Å²) < 4.78 is 23.3. The van der Waals surface area contributed by atoms with E-state index in [1.54, 1.807) is 0 Å². The first kappa shape index (κ1) is 13.6. The number of nitrogens with two attached hydrogens (primary N) is 1. The Kier molecular flexibility index (Phi) is 4.07. The zero-order valence-electron chi connectivity index (χ0n) is 10.7. The molecule has 0 aliphatic heterocycles. The van der Waals surface area contributed by atoms with Gasteiger partial charge in [-0.2, -0.15) is 0 Å². The lowest BCUT2D eigenvalue weighted by molar-refractivity contribution is 0.309. The van der Waals surface area contributed by atoms with Gasteiger partial charge >= 0.3 is 0 Å². The van der Waals surface area contributed by atoms with Crippen molar-refractivity contribution < 1.29 is 8.42 Å². The maximum atomic E-state index is 11.7. The van der Waals surface area contributed by atoms with Gasteiger partial charge in [-0.1, -0.05) is 36.8 Å². The molecular weight excluding hydrogens is 246 g/mol. The van der Waals surface area contributed by atoms with Crippen LogP contribution in [0.3, 0.4) is 0 Å². The Morgan fingerprint density at radius 3 is 2.50 bits per heavy atom. The van der Waals surface area contributed by atoms with Crippen LogP contribution >= 0.6 is 0 Å². The van der Waals surface area contributed by atoms with Crippen LogP contribution in [0.2, 0.25) is 0 Å². The van der Waals surface area contributed by atoms with E-state index in [0.29, 0.717) is 6.42 Å². The predicted molar refractivity (Wildman–Crippen MR) is 74.0 cm³/mol. The highest BCUT2D eigenvalue weighted by atomic mass is 32.2. The second-order valence-corrected chi connectivity index (χ2v) is 7.64. The summed E-state index contributed by atoms with van der Waals surface area (Å²) in [6, 6.07) is 9.92. The molecule has 4 heteroatoms. The molecule has 1 saturated carbocycles. The first-order valence-electron chi connectivity index (χ1n) is 6.48. The highest BCUT2D eigenvalue weighted by molar-refractivity contribution is 7.91. The predicted octanol–water partition coefficient (Wildman–Crippen LogP) is 2.29. The van der Waals surface area contributed by atoms with Crippen molar-refractivity contribution in [3.8, 4) is 0 Å². The molecule has 3 unspecified atom stereocenters. The van der Waals surface area contributed by atoms with Crippen LogP contribution in [0, 0.1) is 5.92 Å². The fraction of sp³-hybridized carbons (Fsp3) is 0.571. The molecule has 3 atom stereocenters. The standard InChI is InChI=1S/C14H21NO2S/c1-18(16,17)13-9-5-8-12(10-13)14(15)11-6-3-2-4-7-11/h2-4,6-7,12-14H,5,8-10,15H2,1H3. The fourth-order valence-corrected chi connectivity index (χ4v) is 4.04. The van der Waals surface area contributed by atoms with Gasteiger partial charge in [-0.3, -0.25) is 0 Å². The van der Waals surface area contributed by atoms with Crippen LogP contribution in [-0.2, 0) is 9.84 Å². The molecule has 2 N–H and O–H groups in total. The molecule has 1 fully saturated rings. The summed E-state index contributed by atoms with van der Waals surface area (Å²) in [5, 5.41) is -0.203. The van der Waals surface area contributed by atoms with Gasteiger partial charge in [-0.05, 0) is 30.7 Å². The largest absolute Gasteiger partial charge is 0.324 e. The summed E-state index contributed by atoms with van der Waals surface area (Å²) in [6.07, 6.45) is 4.82. The number of hydrogen-bond donors (Lipinski definition) is 1. The maximum Gasteiger partial charge on any atom is 0.150 e. The minimum atomic E-state index is -2.93. The third-order valence-electron chi connectivity index (χ3n) is 3.96. The van der Waals surface area contributed by atoms with Crippen molar-refractivity contribution in [2.24, 2.45) is 11.7 Å². The van der Waals surface area contributed by atoms with Gasteiger partial charge < -0.3 is 5.73 Å². The van der Waals surface area contributed by atoms with Crippen molar-refractivity contribution in [1.29, 1.82) is 0 Å². The van der Waals surface area contributed by atoms with Gasteiger partial charge in [-0.25, -0.2) is 8.42 Å². The van der Waals surface area contributed by atoms with Gasteiger partial charge in [0.15, 0.2) is 0 Å². The summed E-state index contributed by atoms with van der Waals surface area (Å²) in [4.78, 5) is 0. The number of sulfone groups is 1. The zero-order chi connectivity index (χ0) is 13.2. The van der Waals surface area contributed by atoms with E-state index in [4.69, 9.17) is 5.73 Å². The SMILES string of the molecule is CS(=O)(=O)C1CCCC(C(N)c2ccccc2)C1. The van der Waals surface area contributed by atoms with Gasteiger partial charge in [-0.15, -0.1) is 0 Å². The van der Waals surface area contributed by atoms with Crippen LogP contribution in [0.5, 0.6) is 0 Å². The minimum Gasteiger partial charge on any atom is -0.324 e. The lowest BCUT2D eigenvalue weighted by atomic mass is 9.81. The van der Waals surface area contributed by atoms with E-state index in [9.17, 15) is 8.42 Å². The Bertz CT molecular complexity index is 484. The molecular formula is C14H21NO2S. The fourth-order valence-electron chi connectivity index (χ4n) is 2.84. The molecule has 18 heavy (non-hydrogen) atoms. The van der Waals surface area contributed by atoms with Crippen molar-refractivity contribution in [1.82, 2.24) is 0 Å². The zero-order valence-corrected chi connectivity index (χ0v) is 11.6. The number of benzene rings is 1. The molecule has 0 bridgehead atoms. The van der Waals surface area contributed by atoms with Crippen molar-refractivity contribution >= 4 is 9.84 Å². The van der Waals surface area contributed by atoms with E-state index in [-0.39, 0.29) is 17.2 Å². The van der Waals surface area contributed by atoms with Crippen LogP contribution in [0.4, 0.5) is 0 Å². The first-order chi connectivity index (χ1) is 8.48. The van der Waals surface area contributed by atoms with Gasteiger partial charge in [0.05, 0.1) is 5.25 Å². The topological polar surface area (TPSA) is 60.2 Å². The maximum absolute atomic E-state index is 11.7. The van der Waals surface area contributed by atoms with E-state index in [1.165, 1.54) is 6.26 Å². The number of hydrogen-bond acceptors (Lipinski definition) is 3. The molecule has 0 spiro atoms. The lowest BCUT2D eigenvalue weighted by Gasteiger charge is -2.32. The monoisotopic (exact) mass is 267 g/mol. The summed E-state index contributed by atoms with van der Waals surface area (Å²) in [5.74, 6) is 0.279. The van der Waals surface area contributed by atoms with Crippen LogP contribution in [0.1, 0.15) is 37.3 Å². The molecule has 2 rings (SSSR count). The van der Waals surface area contributed by atoms with E-state index in [1.807, 2.05) is 30.3 Å². The van der Waals surface area contributed by atoms with Gasteiger partial charge in [0.1, 0.15) is 9.84 Å². The number of rotatable bonds is 3. The summed E-state index contributed by atoms with van der Waals surface area (Å²) >= 11 is 0. The van der Waals surface area contributed by atoms with Gasteiger partial charge in [0.2, 0.25) is 0 Å². The van der Waals surface area contributed by atoms with Crippen LogP contribution in [-0.4, -0.2) is 19.9 Å². The summed E-state index contributed by atoms with van der Waals surface area (Å²) in [7, 11) is -2.93. The quantitative estimate of drug-likeness (QED) is 0.914. The highest BCUT2D eigenvalue weighted by Crippen LogP contribution is 2.35. The normalized spacial score (nSPS) is 26.8. The van der Waals surface area contributed by atoms with Crippen molar-refractivity contribution in [3.63, 3.8) is 0 Å². The first-order valence-corrected chi connectivity index (χ1v) is 8.43. The third kappa shape index (κ3) is 3.12. The second-order valence-electron chi connectivity index (χ2n) is 5.31. The van der Waals surface area contributed by atoms with E-state index in [2.05, 4.69) is 0 Å². The van der Waals surface area contributed by atoms with Crippen LogP contribution in [0.15, 0.2) is 30.3 Å². The van der Waals surface area contributed by atoms with E-state index >= 15 is 0 Å². The molecule has 0 heterocycles. The van der Waals surface area contributed by atoms with Crippen LogP contribution < -0.4 is 5.73 Å². The van der Waals surface area contributed by atoms with E-state index in [0.717, 1.165) is 24.8 Å². The van der Waals surface area contributed by atoms with Crippen molar-refractivity contribution in [3.05, 3.63) is 35.9 Å². The molecule has 1 aliphatic carbocycles. The Balaban J connectivity index is 2.10. The molecule has 0 aromatic heterocycles. The van der Waals surface area contributed by atoms with Crippen LogP contribution in [0.25, 0.3) is 0 Å². The van der Waals surface area contributed by atoms with E-state index < -0.39 is 9.84 Å². The molecule has 0 saturated heterocycles. The Hall–Kier alpha value is -0.870. The van der Waals surface area contributed by atoms with Crippen molar-refractivity contribution in [2.75, 3.05) is 6.26 Å². The average Bonchev–Trinajstić information content (AvgIpc) is 2.38. The van der Waals surface area contributed by atoms with Crippen molar-refractivity contribution in [2.45, 2.75) is 37.0 Å². The smallest absolute Gasteiger partial charge is 0.150 e. The Morgan fingerprint density at radius 2 is 1.89 bits per heavy atom. The summed E-state index contributed by atoms with van der Waals surface area (Å²) in [5.41, 5.74) is 7.39. The molecule has 1 aliphatic rings. The second kappa shape index (κ2) is 5.41. The average molecular weight is 267 g/mol. The molecule has 100 valence electrons. The molecule has 3 nitrogen and oxygen atoms in total. The third-order valence-corrected chi connectivity index (χ3v) is 5.60. The van der Waals surface area contributed by atoms with Gasteiger partial charge in [0.25, 0.3) is 0 Å². The lowest BCUT2D eigenvalue weighted by Crippen LogP contribution is -2.32. The Morgan fingerprint density at radius 1 is 1.22 bits per heavy atom. The molecule has 0 amide bonds. The van der Waals surface area contributed by atoms with Gasteiger partial charge in [0, 0.05) is 12.3 Å². The molecule has 1 aromatic carbocycles. The molecule has 1 aromatic rings. The Labute approximate surface area is 109 Å². The minimum absolute atomic E-state index is 0.0456.